The number of hydrogen-bond donors (Lipinski definition) is 0. The molecule has 1 atom stereocenters. The largest absolute Gasteiger partial charge is 0.457 e. The molecule has 0 aliphatic carbocycles. The quantitative estimate of drug-likeness (QED) is 0.503. The Morgan fingerprint density at radius 1 is 1.33 bits per heavy atom. The van der Waals surface area contributed by atoms with Crippen LogP contribution in [0.3, 0.4) is 0 Å². The predicted octanol–water partition coefficient (Wildman–Crippen LogP) is 2.56. The van der Waals surface area contributed by atoms with E-state index in [2.05, 4.69) is 0 Å². The van der Waals surface area contributed by atoms with Crippen LogP contribution < -0.4 is 0 Å². The van der Waals surface area contributed by atoms with E-state index in [9.17, 15) is 4.79 Å². The second kappa shape index (κ2) is 7.46. The summed E-state index contributed by atoms with van der Waals surface area (Å²) in [6.07, 6.45) is 2.58. The highest BCUT2D eigenvalue weighted by Gasteiger charge is 2.16. The number of hydrogen-bond acceptors (Lipinski definition) is 3. The Labute approximate surface area is 92.5 Å². The summed E-state index contributed by atoms with van der Waals surface area (Å²) in [6.45, 7) is 8.25. The maximum absolute atomic E-state index is 11.7. The summed E-state index contributed by atoms with van der Waals surface area (Å²) < 4.78 is 10.1. The smallest absolute Gasteiger partial charge is 0.334 e. The van der Waals surface area contributed by atoms with Gasteiger partial charge < -0.3 is 9.47 Å². The van der Waals surface area contributed by atoms with Gasteiger partial charge in [-0.15, -0.1) is 0 Å². The molecule has 15 heavy (non-hydrogen) atoms. The van der Waals surface area contributed by atoms with Gasteiger partial charge in [-0.1, -0.05) is 26.8 Å². The van der Waals surface area contributed by atoms with Gasteiger partial charge in [0.25, 0.3) is 0 Å². The molecule has 0 aromatic rings. The molecular formula is C12H22O3. The van der Waals surface area contributed by atoms with Crippen molar-refractivity contribution in [1.82, 2.24) is 0 Å². The third kappa shape index (κ3) is 5.57. The Morgan fingerprint density at radius 2 is 1.93 bits per heavy atom. The van der Waals surface area contributed by atoms with E-state index in [0.717, 1.165) is 12.0 Å². The Hall–Kier alpha value is -0.830. The molecule has 0 spiro atoms. The molecule has 0 N–H and O–H groups in total. The van der Waals surface area contributed by atoms with E-state index in [-0.39, 0.29) is 18.0 Å². The molecular weight excluding hydrogens is 192 g/mol. The lowest BCUT2D eigenvalue weighted by molar-refractivity contribution is -0.146. The first kappa shape index (κ1) is 14.2. The molecule has 0 fully saturated rings. The zero-order chi connectivity index (χ0) is 11.8. The van der Waals surface area contributed by atoms with E-state index in [1.54, 1.807) is 7.11 Å². The molecule has 0 radical (unpaired) electrons. The lowest BCUT2D eigenvalue weighted by Crippen LogP contribution is -2.22. The fourth-order valence-electron chi connectivity index (χ4n) is 1.29. The molecule has 0 aliphatic heterocycles. The minimum Gasteiger partial charge on any atom is -0.457 e. The van der Waals surface area contributed by atoms with Gasteiger partial charge >= 0.3 is 5.97 Å². The van der Waals surface area contributed by atoms with Crippen LogP contribution in [-0.2, 0) is 14.3 Å². The van der Waals surface area contributed by atoms with Crippen LogP contribution >= 0.6 is 0 Å². The molecule has 0 aliphatic rings. The fraction of sp³-hybridized carbons (Fsp3) is 0.750. The van der Waals surface area contributed by atoms with Gasteiger partial charge in [0.2, 0.25) is 0 Å². The fourth-order valence-corrected chi connectivity index (χ4v) is 1.29. The summed E-state index contributed by atoms with van der Waals surface area (Å²) in [5.74, 6) is -0.0244. The van der Waals surface area contributed by atoms with Crippen LogP contribution in [-0.4, -0.2) is 25.8 Å². The summed E-state index contributed by atoms with van der Waals surface area (Å²) in [5, 5.41) is 0. The van der Waals surface area contributed by atoms with Gasteiger partial charge in [0, 0.05) is 12.7 Å². The Morgan fingerprint density at radius 3 is 2.33 bits per heavy atom. The van der Waals surface area contributed by atoms with Gasteiger partial charge in [0.05, 0.1) is 6.61 Å². The van der Waals surface area contributed by atoms with Gasteiger partial charge in [-0.25, -0.2) is 4.79 Å². The summed E-state index contributed by atoms with van der Waals surface area (Å²) in [6, 6.07) is 0. The maximum Gasteiger partial charge on any atom is 0.334 e. The average Bonchev–Trinajstić information content (AvgIpc) is 2.13. The van der Waals surface area contributed by atoms with Crippen molar-refractivity contribution in [2.24, 2.45) is 5.92 Å². The molecule has 1 unspecified atom stereocenters. The number of ether oxygens (including phenoxy) is 2. The zero-order valence-corrected chi connectivity index (χ0v) is 10.4. The number of methoxy groups -OCH3 is 1. The standard InChI is InChI=1S/C12H22O3/c1-6-7-11(9(2)3)12(13)15-10(4)8-14-5/h7,9-10H,6,8H2,1-5H3. The zero-order valence-electron chi connectivity index (χ0n) is 10.4. The minimum absolute atomic E-state index is 0.193. The Balaban J connectivity index is 4.33. The van der Waals surface area contributed by atoms with E-state index in [0.29, 0.717) is 6.61 Å². The highest BCUT2D eigenvalue weighted by Crippen LogP contribution is 2.13. The average molecular weight is 214 g/mol. The lowest BCUT2D eigenvalue weighted by Gasteiger charge is -2.15. The molecule has 0 aromatic carbocycles. The molecule has 3 nitrogen and oxygen atoms in total. The molecule has 0 amide bonds. The van der Waals surface area contributed by atoms with Crippen LogP contribution in [0.5, 0.6) is 0 Å². The summed E-state index contributed by atoms with van der Waals surface area (Å²) >= 11 is 0. The molecule has 0 saturated heterocycles. The third-order valence-corrected chi connectivity index (χ3v) is 1.99. The summed E-state index contributed by atoms with van der Waals surface area (Å²) in [4.78, 5) is 11.7. The maximum atomic E-state index is 11.7. The molecule has 0 bridgehead atoms. The number of carbonyl (C=O) groups excluding carboxylic acids is 1. The van der Waals surface area contributed by atoms with Crippen molar-refractivity contribution in [2.45, 2.75) is 40.2 Å². The van der Waals surface area contributed by atoms with Crippen molar-refractivity contribution in [3.05, 3.63) is 11.6 Å². The van der Waals surface area contributed by atoms with E-state index >= 15 is 0 Å². The number of esters is 1. The number of allylic oxidation sites excluding steroid dienone is 1. The normalized spacial score (nSPS) is 14.1. The van der Waals surface area contributed by atoms with E-state index < -0.39 is 0 Å². The van der Waals surface area contributed by atoms with Crippen molar-refractivity contribution in [3.8, 4) is 0 Å². The Bertz CT molecular complexity index is 219. The van der Waals surface area contributed by atoms with Crippen molar-refractivity contribution < 1.29 is 14.3 Å². The highest BCUT2D eigenvalue weighted by molar-refractivity contribution is 5.88. The molecule has 0 heterocycles. The number of rotatable bonds is 6. The first-order chi connectivity index (χ1) is 7.02. The first-order valence-corrected chi connectivity index (χ1v) is 5.42. The van der Waals surface area contributed by atoms with E-state index in [4.69, 9.17) is 9.47 Å². The third-order valence-electron chi connectivity index (χ3n) is 1.99. The molecule has 88 valence electrons. The van der Waals surface area contributed by atoms with Crippen LogP contribution in [0, 0.1) is 5.92 Å². The van der Waals surface area contributed by atoms with Gasteiger partial charge in [-0.05, 0) is 19.3 Å². The van der Waals surface area contributed by atoms with E-state index in [1.165, 1.54) is 0 Å². The monoisotopic (exact) mass is 214 g/mol. The second-order valence-electron chi connectivity index (χ2n) is 3.89. The van der Waals surface area contributed by atoms with Gasteiger partial charge in [0.1, 0.15) is 6.10 Å². The second-order valence-corrected chi connectivity index (χ2v) is 3.89. The molecule has 0 rings (SSSR count). The summed E-state index contributed by atoms with van der Waals surface area (Å²) in [7, 11) is 1.59. The highest BCUT2D eigenvalue weighted by atomic mass is 16.6. The topological polar surface area (TPSA) is 35.5 Å². The van der Waals surface area contributed by atoms with Gasteiger partial charge in [-0.2, -0.15) is 0 Å². The van der Waals surface area contributed by atoms with Crippen molar-refractivity contribution in [1.29, 1.82) is 0 Å². The van der Waals surface area contributed by atoms with Gasteiger partial charge in [0.15, 0.2) is 0 Å². The minimum atomic E-state index is -0.226. The van der Waals surface area contributed by atoms with Crippen LogP contribution in [0.4, 0.5) is 0 Å². The van der Waals surface area contributed by atoms with Crippen LogP contribution in [0.1, 0.15) is 34.1 Å². The van der Waals surface area contributed by atoms with Crippen molar-refractivity contribution in [3.63, 3.8) is 0 Å². The predicted molar refractivity (Wildman–Crippen MR) is 60.6 cm³/mol. The number of carbonyl (C=O) groups is 1. The molecule has 0 saturated carbocycles. The molecule has 3 heteroatoms. The SMILES string of the molecule is CCC=C(C(=O)OC(C)COC)C(C)C. The van der Waals surface area contributed by atoms with Crippen LogP contribution in [0.15, 0.2) is 11.6 Å². The van der Waals surface area contributed by atoms with Crippen molar-refractivity contribution >= 4 is 5.97 Å². The Kier molecular flexibility index (Phi) is 7.05. The summed E-state index contributed by atoms with van der Waals surface area (Å²) in [5.41, 5.74) is 0.750. The van der Waals surface area contributed by atoms with Crippen molar-refractivity contribution in [2.75, 3.05) is 13.7 Å². The van der Waals surface area contributed by atoms with E-state index in [1.807, 2.05) is 33.8 Å². The van der Waals surface area contributed by atoms with Crippen LogP contribution in [0.2, 0.25) is 0 Å². The lowest BCUT2D eigenvalue weighted by atomic mass is 10.0. The van der Waals surface area contributed by atoms with Gasteiger partial charge in [-0.3, -0.25) is 0 Å². The molecule has 0 aromatic heterocycles. The van der Waals surface area contributed by atoms with Crippen LogP contribution in [0.25, 0.3) is 0 Å². The first-order valence-electron chi connectivity index (χ1n) is 5.42.